The van der Waals surface area contributed by atoms with Crippen LogP contribution in [0.1, 0.15) is 96.0 Å². The van der Waals surface area contributed by atoms with Gasteiger partial charge >= 0.3 is 5.97 Å². The van der Waals surface area contributed by atoms with E-state index in [1.165, 1.54) is 57.8 Å². The predicted octanol–water partition coefficient (Wildman–Crippen LogP) is 7.34. The van der Waals surface area contributed by atoms with Crippen LogP contribution in [0.15, 0.2) is 54.6 Å². The van der Waals surface area contributed by atoms with Gasteiger partial charge in [-0.3, -0.25) is 4.79 Å². The smallest absolute Gasteiger partial charge is 0.313 e. The van der Waals surface area contributed by atoms with Crippen LogP contribution in [0.3, 0.4) is 0 Å². The van der Waals surface area contributed by atoms with Crippen LogP contribution >= 0.6 is 0 Å². The van der Waals surface area contributed by atoms with Gasteiger partial charge in [-0.15, -0.1) is 0 Å². The Balaban J connectivity index is 1.43. The van der Waals surface area contributed by atoms with Crippen molar-refractivity contribution in [2.45, 2.75) is 109 Å². The monoisotopic (exact) mass is 440 g/mol. The SMILES string of the molecule is CCCCCC=CCC=CCCCCCCCC(O)C[C@H]1OC(=O)[C@@H]1Cc1ccccc1. The zero-order valence-electron chi connectivity index (χ0n) is 20.1. The van der Waals surface area contributed by atoms with Crippen molar-refractivity contribution < 1.29 is 14.6 Å². The summed E-state index contributed by atoms with van der Waals surface area (Å²) in [5.41, 5.74) is 1.15. The van der Waals surface area contributed by atoms with Crippen LogP contribution in [0.5, 0.6) is 0 Å². The van der Waals surface area contributed by atoms with Gasteiger partial charge in [0.05, 0.1) is 12.0 Å². The Morgan fingerprint density at radius 2 is 1.56 bits per heavy atom. The molecule has 3 atom stereocenters. The van der Waals surface area contributed by atoms with E-state index in [2.05, 4.69) is 31.2 Å². The van der Waals surface area contributed by atoms with Crippen LogP contribution in [0, 0.1) is 5.92 Å². The molecule has 1 saturated heterocycles. The van der Waals surface area contributed by atoms with Gasteiger partial charge in [0.15, 0.2) is 0 Å². The quantitative estimate of drug-likeness (QED) is 0.148. The van der Waals surface area contributed by atoms with Gasteiger partial charge in [-0.05, 0) is 50.5 Å². The molecule has 0 saturated carbocycles. The summed E-state index contributed by atoms with van der Waals surface area (Å²) in [5, 5.41) is 10.4. The van der Waals surface area contributed by atoms with E-state index < -0.39 is 0 Å². The third-order valence-corrected chi connectivity index (χ3v) is 6.31. The van der Waals surface area contributed by atoms with Gasteiger partial charge in [-0.1, -0.05) is 100 Å². The summed E-state index contributed by atoms with van der Waals surface area (Å²) in [7, 11) is 0. The summed E-state index contributed by atoms with van der Waals surface area (Å²) < 4.78 is 5.31. The average Bonchev–Trinajstić information content (AvgIpc) is 2.80. The highest BCUT2D eigenvalue weighted by Gasteiger charge is 2.42. The average molecular weight is 441 g/mol. The van der Waals surface area contributed by atoms with E-state index in [4.69, 9.17) is 4.74 Å². The number of hydrogen-bond acceptors (Lipinski definition) is 3. The number of benzene rings is 1. The van der Waals surface area contributed by atoms with Gasteiger partial charge < -0.3 is 9.84 Å². The Morgan fingerprint density at radius 3 is 2.25 bits per heavy atom. The third kappa shape index (κ3) is 11.1. The van der Waals surface area contributed by atoms with Crippen molar-refractivity contribution in [3.63, 3.8) is 0 Å². The zero-order chi connectivity index (χ0) is 22.9. The number of ether oxygens (including phenoxy) is 1. The van der Waals surface area contributed by atoms with E-state index in [1.54, 1.807) is 0 Å². The highest BCUT2D eigenvalue weighted by atomic mass is 16.6. The summed E-state index contributed by atoms with van der Waals surface area (Å²) in [6.45, 7) is 2.24. The fourth-order valence-electron chi connectivity index (χ4n) is 4.27. The summed E-state index contributed by atoms with van der Waals surface area (Å²) in [5.74, 6) is -0.222. The number of allylic oxidation sites excluding steroid dienone is 4. The summed E-state index contributed by atoms with van der Waals surface area (Å²) in [6.07, 6.45) is 24.1. The van der Waals surface area contributed by atoms with Crippen LogP contribution in [0.2, 0.25) is 0 Å². The van der Waals surface area contributed by atoms with Crippen molar-refractivity contribution in [1.82, 2.24) is 0 Å². The molecule has 1 aromatic carbocycles. The Labute approximate surface area is 196 Å². The van der Waals surface area contributed by atoms with Crippen LogP contribution in [-0.4, -0.2) is 23.3 Å². The predicted molar refractivity (Wildman–Crippen MR) is 133 cm³/mol. The first-order chi connectivity index (χ1) is 15.7. The molecule has 0 spiro atoms. The van der Waals surface area contributed by atoms with Gasteiger partial charge in [0.1, 0.15) is 6.10 Å². The second-order valence-electron chi connectivity index (χ2n) is 9.18. The molecule has 1 heterocycles. The zero-order valence-corrected chi connectivity index (χ0v) is 20.1. The maximum Gasteiger partial charge on any atom is 0.313 e. The molecule has 178 valence electrons. The molecule has 1 N–H and O–H groups in total. The molecule has 3 heteroatoms. The van der Waals surface area contributed by atoms with Crippen molar-refractivity contribution in [1.29, 1.82) is 0 Å². The van der Waals surface area contributed by atoms with E-state index in [1.807, 2.05) is 30.3 Å². The minimum Gasteiger partial charge on any atom is -0.461 e. The minimum absolute atomic E-state index is 0.100. The van der Waals surface area contributed by atoms with Crippen molar-refractivity contribution >= 4 is 5.97 Å². The minimum atomic E-state index is -0.371. The van der Waals surface area contributed by atoms with Crippen LogP contribution in [0.4, 0.5) is 0 Å². The molecule has 0 bridgehead atoms. The number of esters is 1. The lowest BCUT2D eigenvalue weighted by Crippen LogP contribution is -2.47. The molecule has 0 aromatic heterocycles. The summed E-state index contributed by atoms with van der Waals surface area (Å²) >= 11 is 0. The Morgan fingerprint density at radius 1 is 0.906 bits per heavy atom. The molecule has 1 aliphatic heterocycles. The molecular formula is C29H44O3. The van der Waals surface area contributed by atoms with E-state index in [0.29, 0.717) is 12.8 Å². The third-order valence-electron chi connectivity index (χ3n) is 6.31. The molecule has 0 radical (unpaired) electrons. The van der Waals surface area contributed by atoms with Crippen LogP contribution in [-0.2, 0) is 16.0 Å². The first-order valence-electron chi connectivity index (χ1n) is 12.9. The normalized spacial score (nSPS) is 19.4. The number of aliphatic hydroxyl groups excluding tert-OH is 1. The van der Waals surface area contributed by atoms with Crippen LogP contribution in [0.25, 0.3) is 0 Å². The summed E-state index contributed by atoms with van der Waals surface area (Å²) in [6, 6.07) is 10.1. The molecule has 1 aliphatic rings. The molecule has 32 heavy (non-hydrogen) atoms. The van der Waals surface area contributed by atoms with Crippen molar-refractivity contribution in [3.05, 3.63) is 60.2 Å². The summed E-state index contributed by atoms with van der Waals surface area (Å²) in [4.78, 5) is 11.8. The van der Waals surface area contributed by atoms with Crippen molar-refractivity contribution in [3.8, 4) is 0 Å². The molecule has 1 aromatic rings. The lowest BCUT2D eigenvalue weighted by atomic mass is 9.86. The standard InChI is InChI=1S/C29H44O3/c1-2-3-4-5-6-7-8-9-10-11-12-13-14-15-19-22-26(30)24-28-27(29(31)32-28)23-25-20-17-16-18-21-25/h6-7,9-10,16-18,20-21,26-28,30H,2-5,8,11-15,19,22-24H2,1H3/t26?,27-,28-/m1/s1. The number of rotatable bonds is 18. The Bertz CT molecular complexity index is 664. The second kappa shape index (κ2) is 16.7. The van der Waals surface area contributed by atoms with Gasteiger partial charge in [0.2, 0.25) is 0 Å². The van der Waals surface area contributed by atoms with Crippen LogP contribution < -0.4 is 0 Å². The largest absolute Gasteiger partial charge is 0.461 e. The fraction of sp³-hybridized carbons (Fsp3) is 0.621. The van der Waals surface area contributed by atoms with Gasteiger partial charge in [0, 0.05) is 6.42 Å². The Kier molecular flexibility index (Phi) is 13.8. The van der Waals surface area contributed by atoms with E-state index in [0.717, 1.165) is 24.8 Å². The lowest BCUT2D eigenvalue weighted by molar-refractivity contribution is -0.187. The number of carbonyl (C=O) groups excluding carboxylic acids is 1. The maximum absolute atomic E-state index is 11.8. The number of hydrogen-bond donors (Lipinski definition) is 1. The number of carbonyl (C=O) groups is 1. The van der Waals surface area contributed by atoms with Crippen molar-refractivity contribution in [2.24, 2.45) is 5.92 Å². The number of aliphatic hydroxyl groups is 1. The van der Waals surface area contributed by atoms with Crippen molar-refractivity contribution in [2.75, 3.05) is 0 Å². The molecule has 0 amide bonds. The Hall–Kier alpha value is -1.87. The van der Waals surface area contributed by atoms with E-state index in [-0.39, 0.29) is 24.1 Å². The molecule has 2 rings (SSSR count). The fourth-order valence-corrected chi connectivity index (χ4v) is 4.27. The lowest BCUT2D eigenvalue weighted by Gasteiger charge is -2.36. The molecular weight excluding hydrogens is 396 g/mol. The first kappa shape index (κ1) is 26.4. The van der Waals surface area contributed by atoms with Gasteiger partial charge in [-0.2, -0.15) is 0 Å². The van der Waals surface area contributed by atoms with Gasteiger partial charge in [0.25, 0.3) is 0 Å². The topological polar surface area (TPSA) is 46.5 Å². The number of unbranched alkanes of at least 4 members (excludes halogenated alkanes) is 8. The molecule has 3 nitrogen and oxygen atoms in total. The first-order valence-corrected chi connectivity index (χ1v) is 12.9. The molecule has 0 aliphatic carbocycles. The number of cyclic esters (lactones) is 1. The molecule has 1 fully saturated rings. The van der Waals surface area contributed by atoms with Gasteiger partial charge in [-0.25, -0.2) is 0 Å². The maximum atomic E-state index is 11.8. The van der Waals surface area contributed by atoms with E-state index in [9.17, 15) is 9.90 Å². The molecule has 1 unspecified atom stereocenters. The second-order valence-corrected chi connectivity index (χ2v) is 9.18. The highest BCUT2D eigenvalue weighted by Crippen LogP contribution is 2.30. The highest BCUT2D eigenvalue weighted by molar-refractivity contribution is 5.78. The van der Waals surface area contributed by atoms with E-state index >= 15 is 0 Å².